The number of hydrogen-bond donors (Lipinski definition) is 1. The fourth-order valence-electron chi connectivity index (χ4n) is 3.71. The van der Waals surface area contributed by atoms with Crippen LogP contribution in [-0.2, 0) is 10.2 Å². The molecule has 0 aliphatic heterocycles. The zero-order valence-electron chi connectivity index (χ0n) is 21.4. The average molecular weight is 492 g/mol. The Hall–Kier alpha value is -4.01. The van der Waals surface area contributed by atoms with Crippen LogP contribution in [0.4, 0.5) is 11.5 Å². The van der Waals surface area contributed by atoms with Crippen LogP contribution in [0, 0.1) is 17.0 Å². The highest BCUT2D eigenvalue weighted by molar-refractivity contribution is 5.99. The number of carbonyl (C=O) groups is 2. The molecule has 0 saturated carbocycles. The van der Waals surface area contributed by atoms with Gasteiger partial charge in [0.15, 0.2) is 0 Å². The number of benzene rings is 2. The Morgan fingerprint density at radius 1 is 1.11 bits per heavy atom. The van der Waals surface area contributed by atoms with Gasteiger partial charge in [-0.2, -0.15) is 5.10 Å². The van der Waals surface area contributed by atoms with Crippen molar-refractivity contribution in [1.82, 2.24) is 14.7 Å². The fourth-order valence-corrected chi connectivity index (χ4v) is 3.71. The van der Waals surface area contributed by atoms with Crippen molar-refractivity contribution in [3.63, 3.8) is 0 Å². The van der Waals surface area contributed by atoms with E-state index in [2.05, 4.69) is 5.32 Å². The topological polar surface area (TPSA) is 110 Å². The van der Waals surface area contributed by atoms with Crippen LogP contribution in [-0.4, -0.2) is 44.5 Å². The van der Waals surface area contributed by atoms with Crippen molar-refractivity contribution >= 4 is 23.3 Å². The second kappa shape index (κ2) is 11.2. The molecular weight excluding hydrogens is 458 g/mol. The third-order valence-electron chi connectivity index (χ3n) is 5.80. The number of nitro groups is 1. The standard InChI is InChI=1S/C27H33N5O4/c1-6-7-15-30(26(34)20-12-10-13-21(16-20)32(35)36)18-25(33)28-24-17-23(27(3,4)5)29-31(24)22-14-9-8-11-19(22)2/h8-14,16-17H,6-7,15,18H2,1-5H3,(H,28,33). The number of rotatable bonds is 9. The molecule has 0 radical (unpaired) electrons. The minimum atomic E-state index is -0.542. The molecule has 0 atom stereocenters. The van der Waals surface area contributed by atoms with Crippen LogP contribution in [0.15, 0.2) is 54.6 Å². The average Bonchev–Trinajstić information content (AvgIpc) is 3.25. The first-order chi connectivity index (χ1) is 17.0. The van der Waals surface area contributed by atoms with E-state index < -0.39 is 10.8 Å². The molecule has 3 rings (SSSR count). The first-order valence-electron chi connectivity index (χ1n) is 12.0. The molecule has 0 aliphatic rings. The Morgan fingerprint density at radius 2 is 1.83 bits per heavy atom. The van der Waals surface area contributed by atoms with E-state index in [4.69, 9.17) is 5.10 Å². The second-order valence-corrected chi connectivity index (χ2v) is 9.80. The molecule has 0 saturated heterocycles. The summed E-state index contributed by atoms with van der Waals surface area (Å²) in [6.45, 7) is 10.3. The van der Waals surface area contributed by atoms with E-state index in [-0.39, 0.29) is 29.1 Å². The number of anilines is 1. The van der Waals surface area contributed by atoms with Gasteiger partial charge in [0.05, 0.1) is 16.3 Å². The van der Waals surface area contributed by atoms with E-state index in [0.29, 0.717) is 18.8 Å². The van der Waals surface area contributed by atoms with E-state index in [0.717, 1.165) is 23.4 Å². The van der Waals surface area contributed by atoms with Gasteiger partial charge in [0.1, 0.15) is 12.4 Å². The fraction of sp³-hybridized carbons (Fsp3) is 0.370. The first kappa shape index (κ1) is 26.6. The lowest BCUT2D eigenvalue weighted by Gasteiger charge is -2.22. The van der Waals surface area contributed by atoms with Gasteiger partial charge in [-0.3, -0.25) is 19.7 Å². The van der Waals surface area contributed by atoms with Crippen LogP contribution in [0.1, 0.15) is 62.2 Å². The first-order valence-corrected chi connectivity index (χ1v) is 12.0. The molecule has 1 aromatic heterocycles. The summed E-state index contributed by atoms with van der Waals surface area (Å²) in [5.41, 5.74) is 2.43. The molecule has 3 aromatic rings. The highest BCUT2D eigenvalue weighted by Gasteiger charge is 2.24. The summed E-state index contributed by atoms with van der Waals surface area (Å²) in [6.07, 6.45) is 1.53. The minimum absolute atomic E-state index is 0.169. The summed E-state index contributed by atoms with van der Waals surface area (Å²) in [4.78, 5) is 38.4. The summed E-state index contributed by atoms with van der Waals surface area (Å²) >= 11 is 0. The van der Waals surface area contributed by atoms with Crippen molar-refractivity contribution in [2.75, 3.05) is 18.4 Å². The number of para-hydroxylation sites is 1. The summed E-state index contributed by atoms with van der Waals surface area (Å²) in [7, 11) is 0. The van der Waals surface area contributed by atoms with Gasteiger partial charge in [-0.25, -0.2) is 4.68 Å². The normalized spacial score (nSPS) is 11.2. The maximum atomic E-state index is 13.2. The molecule has 36 heavy (non-hydrogen) atoms. The number of nitrogens with one attached hydrogen (secondary N) is 1. The smallest absolute Gasteiger partial charge is 0.270 e. The Labute approximate surface area is 211 Å². The molecule has 1 heterocycles. The van der Waals surface area contributed by atoms with Gasteiger partial charge < -0.3 is 10.2 Å². The molecule has 9 nitrogen and oxygen atoms in total. The summed E-state index contributed by atoms with van der Waals surface area (Å²) in [6, 6.07) is 15.2. The summed E-state index contributed by atoms with van der Waals surface area (Å²) < 4.78 is 1.71. The number of aromatic nitrogens is 2. The zero-order valence-corrected chi connectivity index (χ0v) is 21.4. The van der Waals surface area contributed by atoms with Gasteiger partial charge in [0.25, 0.3) is 11.6 Å². The number of aryl methyl sites for hydroxylation is 1. The van der Waals surface area contributed by atoms with Crippen LogP contribution >= 0.6 is 0 Å². The molecule has 2 amide bonds. The molecule has 0 aliphatic carbocycles. The number of carbonyl (C=O) groups excluding carboxylic acids is 2. The van der Waals surface area contributed by atoms with Crippen LogP contribution < -0.4 is 5.32 Å². The SMILES string of the molecule is CCCCN(CC(=O)Nc1cc(C(C)(C)C)nn1-c1ccccc1C)C(=O)c1cccc([N+](=O)[O-])c1. The highest BCUT2D eigenvalue weighted by Crippen LogP contribution is 2.27. The summed E-state index contributed by atoms with van der Waals surface area (Å²) in [5, 5.41) is 18.8. The number of nitro benzene ring substituents is 1. The Balaban J connectivity index is 1.88. The molecular formula is C27H33N5O4. The van der Waals surface area contributed by atoms with Crippen molar-refractivity contribution in [3.05, 3.63) is 81.5 Å². The molecule has 0 bridgehead atoms. The molecule has 0 unspecified atom stereocenters. The highest BCUT2D eigenvalue weighted by atomic mass is 16.6. The van der Waals surface area contributed by atoms with E-state index >= 15 is 0 Å². The van der Waals surface area contributed by atoms with E-state index in [1.54, 1.807) is 4.68 Å². The predicted octanol–water partition coefficient (Wildman–Crippen LogP) is 5.27. The molecule has 0 spiro atoms. The molecule has 1 N–H and O–H groups in total. The Morgan fingerprint density at radius 3 is 2.47 bits per heavy atom. The van der Waals surface area contributed by atoms with Crippen molar-refractivity contribution in [1.29, 1.82) is 0 Å². The molecule has 2 aromatic carbocycles. The monoisotopic (exact) mass is 491 g/mol. The van der Waals surface area contributed by atoms with Gasteiger partial charge >= 0.3 is 0 Å². The zero-order chi connectivity index (χ0) is 26.5. The Kier molecular flexibility index (Phi) is 8.24. The molecule has 9 heteroatoms. The lowest BCUT2D eigenvalue weighted by Crippen LogP contribution is -2.39. The number of unbranched alkanes of at least 4 members (excludes halogenated alkanes) is 1. The van der Waals surface area contributed by atoms with Crippen LogP contribution in [0.3, 0.4) is 0 Å². The maximum absolute atomic E-state index is 13.2. The third kappa shape index (κ3) is 6.35. The lowest BCUT2D eigenvalue weighted by atomic mass is 9.92. The van der Waals surface area contributed by atoms with Gasteiger partial charge in [0, 0.05) is 35.7 Å². The molecule has 190 valence electrons. The second-order valence-electron chi connectivity index (χ2n) is 9.80. The minimum Gasteiger partial charge on any atom is -0.329 e. The molecule has 0 fully saturated rings. The van der Waals surface area contributed by atoms with E-state index in [1.165, 1.54) is 29.2 Å². The summed E-state index contributed by atoms with van der Waals surface area (Å²) in [5.74, 6) is -0.289. The van der Waals surface area contributed by atoms with E-state index in [9.17, 15) is 19.7 Å². The van der Waals surface area contributed by atoms with Gasteiger partial charge in [-0.15, -0.1) is 0 Å². The van der Waals surface area contributed by atoms with Gasteiger partial charge in [-0.05, 0) is 31.0 Å². The van der Waals surface area contributed by atoms with Crippen LogP contribution in [0.25, 0.3) is 5.69 Å². The Bertz CT molecular complexity index is 1260. The van der Waals surface area contributed by atoms with Crippen molar-refractivity contribution in [2.24, 2.45) is 0 Å². The number of amides is 2. The van der Waals surface area contributed by atoms with Gasteiger partial charge in [0.2, 0.25) is 5.91 Å². The number of nitrogens with zero attached hydrogens (tertiary/aromatic N) is 4. The van der Waals surface area contributed by atoms with Crippen molar-refractivity contribution in [3.8, 4) is 5.69 Å². The number of non-ortho nitro benzene ring substituents is 1. The number of hydrogen-bond acceptors (Lipinski definition) is 5. The lowest BCUT2D eigenvalue weighted by molar-refractivity contribution is -0.384. The van der Waals surface area contributed by atoms with Crippen LogP contribution in [0.5, 0.6) is 0 Å². The maximum Gasteiger partial charge on any atom is 0.270 e. The quantitative estimate of drug-likeness (QED) is 0.324. The van der Waals surface area contributed by atoms with Crippen molar-refractivity contribution < 1.29 is 14.5 Å². The van der Waals surface area contributed by atoms with E-state index in [1.807, 2.05) is 65.0 Å². The third-order valence-corrected chi connectivity index (χ3v) is 5.80. The van der Waals surface area contributed by atoms with Crippen LogP contribution in [0.2, 0.25) is 0 Å². The largest absolute Gasteiger partial charge is 0.329 e. The van der Waals surface area contributed by atoms with Gasteiger partial charge in [-0.1, -0.05) is 58.4 Å². The predicted molar refractivity (Wildman–Crippen MR) is 140 cm³/mol. The van der Waals surface area contributed by atoms with Crippen molar-refractivity contribution in [2.45, 2.75) is 52.9 Å².